The van der Waals surface area contributed by atoms with Crippen LogP contribution >= 0.6 is 11.6 Å². The number of benzene rings is 2. The van der Waals surface area contributed by atoms with Gasteiger partial charge in [-0.25, -0.2) is 0 Å². The number of amides is 1. The van der Waals surface area contributed by atoms with E-state index in [1.54, 1.807) is 12.1 Å². The molecule has 2 aliphatic heterocycles. The van der Waals surface area contributed by atoms with Gasteiger partial charge in [0.1, 0.15) is 0 Å². The molecular formula is C23H27ClN2O2. The fraction of sp³-hybridized carbons (Fsp3) is 0.435. The molecule has 148 valence electrons. The first kappa shape index (κ1) is 19.4. The lowest BCUT2D eigenvalue weighted by atomic mass is 9.94. The van der Waals surface area contributed by atoms with Gasteiger partial charge < -0.3 is 15.0 Å². The predicted octanol–water partition coefficient (Wildman–Crippen LogP) is 4.31. The van der Waals surface area contributed by atoms with E-state index in [0.717, 1.165) is 45.5 Å². The van der Waals surface area contributed by atoms with Crippen LogP contribution in [-0.2, 0) is 4.74 Å². The van der Waals surface area contributed by atoms with E-state index in [4.69, 9.17) is 16.3 Å². The average Bonchev–Trinajstić information content (AvgIpc) is 3.22. The topological polar surface area (TPSA) is 41.6 Å². The van der Waals surface area contributed by atoms with E-state index in [1.165, 1.54) is 5.56 Å². The van der Waals surface area contributed by atoms with Crippen LogP contribution in [0.5, 0.6) is 0 Å². The van der Waals surface area contributed by atoms with Gasteiger partial charge in [-0.1, -0.05) is 54.1 Å². The van der Waals surface area contributed by atoms with Crippen molar-refractivity contribution in [1.29, 1.82) is 0 Å². The predicted molar refractivity (Wildman–Crippen MR) is 112 cm³/mol. The second-order valence-electron chi connectivity index (χ2n) is 7.71. The monoisotopic (exact) mass is 398 g/mol. The second-order valence-corrected chi connectivity index (χ2v) is 8.11. The van der Waals surface area contributed by atoms with Crippen LogP contribution in [0.4, 0.5) is 0 Å². The summed E-state index contributed by atoms with van der Waals surface area (Å²) in [5.41, 5.74) is 1.87. The first-order valence-electron chi connectivity index (χ1n) is 10.2. The number of carbonyl (C=O) groups excluding carboxylic acids is 1. The number of rotatable bonds is 5. The molecule has 2 saturated heterocycles. The lowest BCUT2D eigenvalue weighted by molar-refractivity contribution is 0.0697. The highest BCUT2D eigenvalue weighted by atomic mass is 35.5. The lowest BCUT2D eigenvalue weighted by Gasteiger charge is -2.33. The molecule has 0 aliphatic carbocycles. The molecule has 2 aromatic rings. The number of piperidine rings is 1. The maximum absolute atomic E-state index is 12.7. The number of hydrogen-bond acceptors (Lipinski definition) is 3. The van der Waals surface area contributed by atoms with Gasteiger partial charge >= 0.3 is 0 Å². The molecule has 0 bridgehead atoms. The zero-order valence-corrected chi connectivity index (χ0v) is 16.8. The molecule has 4 nitrogen and oxygen atoms in total. The molecule has 4 rings (SSSR count). The molecule has 0 spiro atoms. The summed E-state index contributed by atoms with van der Waals surface area (Å²) in [6.07, 6.45) is 3.23. The normalized spacial score (nSPS) is 23.1. The van der Waals surface area contributed by atoms with Crippen molar-refractivity contribution in [2.24, 2.45) is 5.92 Å². The number of nitrogens with zero attached hydrogens (tertiary/aromatic N) is 1. The number of likely N-dealkylation sites (tertiary alicyclic amines) is 1. The standard InChI is InChI=1S/C23H27ClN2O2/c24-21-9-5-4-8-20(21)23(27)26-13-10-19(11-14-26)25-16-18-12-15-28-22(18)17-6-2-1-3-7-17/h1-9,18-19,22,25H,10-16H2/t18-,22-/m0/s1. The summed E-state index contributed by atoms with van der Waals surface area (Å²) in [7, 11) is 0. The summed E-state index contributed by atoms with van der Waals surface area (Å²) in [5, 5.41) is 4.26. The molecule has 1 amide bonds. The summed E-state index contributed by atoms with van der Waals surface area (Å²) in [6, 6.07) is 18.2. The first-order chi connectivity index (χ1) is 13.7. The third kappa shape index (κ3) is 4.40. The Morgan fingerprint density at radius 3 is 2.50 bits per heavy atom. The van der Waals surface area contributed by atoms with Crippen molar-refractivity contribution < 1.29 is 9.53 Å². The minimum absolute atomic E-state index is 0.0392. The molecule has 1 N–H and O–H groups in total. The number of nitrogens with one attached hydrogen (secondary N) is 1. The highest BCUT2D eigenvalue weighted by Crippen LogP contribution is 2.34. The minimum Gasteiger partial charge on any atom is -0.373 e. The van der Waals surface area contributed by atoms with Crippen LogP contribution in [0.2, 0.25) is 5.02 Å². The number of hydrogen-bond donors (Lipinski definition) is 1. The van der Waals surface area contributed by atoms with E-state index in [9.17, 15) is 4.79 Å². The van der Waals surface area contributed by atoms with E-state index in [-0.39, 0.29) is 12.0 Å². The van der Waals surface area contributed by atoms with E-state index in [0.29, 0.717) is 22.5 Å². The van der Waals surface area contributed by atoms with Crippen molar-refractivity contribution >= 4 is 17.5 Å². The Morgan fingerprint density at radius 1 is 1.04 bits per heavy atom. The third-order valence-corrected chi connectivity index (χ3v) is 6.23. The summed E-state index contributed by atoms with van der Waals surface area (Å²) >= 11 is 6.18. The van der Waals surface area contributed by atoms with Gasteiger partial charge in [-0.15, -0.1) is 0 Å². The van der Waals surface area contributed by atoms with Crippen molar-refractivity contribution in [3.63, 3.8) is 0 Å². The lowest BCUT2D eigenvalue weighted by Crippen LogP contribution is -2.46. The van der Waals surface area contributed by atoms with Gasteiger partial charge in [0.15, 0.2) is 0 Å². The van der Waals surface area contributed by atoms with Crippen molar-refractivity contribution in [2.45, 2.75) is 31.4 Å². The largest absolute Gasteiger partial charge is 0.373 e. The smallest absolute Gasteiger partial charge is 0.255 e. The maximum Gasteiger partial charge on any atom is 0.255 e. The van der Waals surface area contributed by atoms with Crippen molar-refractivity contribution in [3.05, 3.63) is 70.7 Å². The fourth-order valence-electron chi connectivity index (χ4n) is 4.26. The van der Waals surface area contributed by atoms with Gasteiger partial charge in [0.25, 0.3) is 5.91 Å². The van der Waals surface area contributed by atoms with Gasteiger partial charge in [0.05, 0.1) is 16.7 Å². The number of ether oxygens (including phenoxy) is 1. The fourth-order valence-corrected chi connectivity index (χ4v) is 4.48. The number of carbonyl (C=O) groups is 1. The van der Waals surface area contributed by atoms with Gasteiger partial charge in [0.2, 0.25) is 0 Å². The minimum atomic E-state index is 0.0392. The van der Waals surface area contributed by atoms with Gasteiger partial charge in [-0.3, -0.25) is 4.79 Å². The van der Waals surface area contributed by atoms with Gasteiger partial charge in [-0.05, 0) is 37.0 Å². The van der Waals surface area contributed by atoms with Gasteiger partial charge in [-0.2, -0.15) is 0 Å². The molecule has 0 aromatic heterocycles. The van der Waals surface area contributed by atoms with Crippen LogP contribution in [0.3, 0.4) is 0 Å². The van der Waals surface area contributed by atoms with Crippen LogP contribution in [0, 0.1) is 5.92 Å². The molecule has 0 saturated carbocycles. The van der Waals surface area contributed by atoms with E-state index < -0.39 is 0 Å². The van der Waals surface area contributed by atoms with E-state index >= 15 is 0 Å². The zero-order chi connectivity index (χ0) is 19.3. The van der Waals surface area contributed by atoms with Crippen molar-refractivity contribution in [2.75, 3.05) is 26.2 Å². The highest BCUT2D eigenvalue weighted by molar-refractivity contribution is 6.33. The molecule has 2 aliphatic rings. The Kier molecular flexibility index (Phi) is 6.30. The highest BCUT2D eigenvalue weighted by Gasteiger charge is 2.31. The SMILES string of the molecule is O=C(c1ccccc1Cl)N1CCC(NC[C@@H]2CCO[C@H]2c2ccccc2)CC1. The molecule has 2 atom stereocenters. The van der Waals surface area contributed by atoms with Crippen molar-refractivity contribution in [1.82, 2.24) is 10.2 Å². The molecule has 0 radical (unpaired) electrons. The quantitative estimate of drug-likeness (QED) is 0.815. The van der Waals surface area contributed by atoms with Crippen LogP contribution in [0.15, 0.2) is 54.6 Å². The molecule has 2 aromatic carbocycles. The summed E-state index contributed by atoms with van der Waals surface area (Å²) < 4.78 is 5.99. The van der Waals surface area contributed by atoms with Crippen LogP contribution in [-0.4, -0.2) is 43.1 Å². The van der Waals surface area contributed by atoms with Crippen LogP contribution in [0.1, 0.15) is 41.3 Å². The maximum atomic E-state index is 12.7. The van der Waals surface area contributed by atoms with Gasteiger partial charge in [0, 0.05) is 38.2 Å². The average molecular weight is 399 g/mol. The van der Waals surface area contributed by atoms with Crippen molar-refractivity contribution in [3.8, 4) is 0 Å². The zero-order valence-electron chi connectivity index (χ0n) is 16.0. The second kappa shape index (κ2) is 9.08. The number of halogens is 1. The Labute approximate surface area is 171 Å². The van der Waals surface area contributed by atoms with E-state index in [2.05, 4.69) is 29.6 Å². The summed E-state index contributed by atoms with van der Waals surface area (Å²) in [4.78, 5) is 14.6. The van der Waals surface area contributed by atoms with Crippen LogP contribution < -0.4 is 5.32 Å². The third-order valence-electron chi connectivity index (χ3n) is 5.90. The Bertz CT molecular complexity index is 790. The molecule has 2 fully saturated rings. The Hall–Kier alpha value is -1.88. The van der Waals surface area contributed by atoms with E-state index in [1.807, 2.05) is 23.1 Å². The van der Waals surface area contributed by atoms with Crippen LogP contribution in [0.25, 0.3) is 0 Å². The molecule has 28 heavy (non-hydrogen) atoms. The first-order valence-corrected chi connectivity index (χ1v) is 10.5. The summed E-state index contributed by atoms with van der Waals surface area (Å²) in [5.74, 6) is 0.544. The Balaban J connectivity index is 1.27. The molecule has 2 heterocycles. The molecule has 5 heteroatoms. The molecular weight excluding hydrogens is 372 g/mol. The Morgan fingerprint density at radius 2 is 1.75 bits per heavy atom. The molecule has 0 unspecified atom stereocenters. The summed E-state index contributed by atoms with van der Waals surface area (Å²) in [6.45, 7) is 3.33.